The van der Waals surface area contributed by atoms with E-state index < -0.39 is 0 Å². The van der Waals surface area contributed by atoms with E-state index >= 15 is 0 Å². The van der Waals surface area contributed by atoms with Crippen LogP contribution in [0.25, 0.3) is 0 Å². The Labute approximate surface area is 104 Å². The number of hydrogen-bond acceptors (Lipinski definition) is 5. The molecule has 0 unspecified atom stereocenters. The Kier molecular flexibility index (Phi) is 3.22. The zero-order chi connectivity index (χ0) is 13.1. The molecule has 7 nitrogen and oxygen atoms in total. The highest BCUT2D eigenvalue weighted by atomic mass is 16.3. The molecular weight excluding hydrogens is 234 g/mol. The average molecular weight is 247 g/mol. The van der Waals surface area contributed by atoms with Crippen molar-refractivity contribution in [3.05, 3.63) is 36.2 Å². The molecule has 0 radical (unpaired) electrons. The Morgan fingerprint density at radius 3 is 2.83 bits per heavy atom. The van der Waals surface area contributed by atoms with Crippen molar-refractivity contribution >= 4 is 5.91 Å². The summed E-state index contributed by atoms with van der Waals surface area (Å²) in [5.41, 5.74) is 0.238. The van der Waals surface area contributed by atoms with Crippen molar-refractivity contribution in [2.24, 2.45) is 7.05 Å². The molecule has 2 rings (SSSR count). The third kappa shape index (κ3) is 2.45. The molecule has 0 saturated heterocycles. The second kappa shape index (κ2) is 4.82. The molecule has 94 valence electrons. The molecular formula is C11H13N5O2. The van der Waals surface area contributed by atoms with E-state index in [1.165, 1.54) is 18.3 Å². The third-order valence-electron chi connectivity index (χ3n) is 2.46. The minimum atomic E-state index is -0.328. The lowest BCUT2D eigenvalue weighted by atomic mass is 10.2. The topological polar surface area (TPSA) is 92.9 Å². The van der Waals surface area contributed by atoms with Crippen molar-refractivity contribution in [3.63, 3.8) is 0 Å². The molecule has 1 amide bonds. The van der Waals surface area contributed by atoms with Crippen LogP contribution in [0, 0.1) is 0 Å². The molecule has 0 aliphatic carbocycles. The first kappa shape index (κ1) is 12.0. The second-order valence-corrected chi connectivity index (χ2v) is 3.90. The van der Waals surface area contributed by atoms with Crippen LogP contribution in [0.4, 0.5) is 0 Å². The number of aryl methyl sites for hydroxylation is 1. The van der Waals surface area contributed by atoms with Crippen molar-refractivity contribution in [3.8, 4) is 5.75 Å². The van der Waals surface area contributed by atoms with Gasteiger partial charge in [-0.05, 0) is 19.1 Å². The maximum absolute atomic E-state index is 11.9. The van der Waals surface area contributed by atoms with Gasteiger partial charge in [0.15, 0.2) is 5.82 Å². The van der Waals surface area contributed by atoms with Gasteiger partial charge in [0.05, 0.1) is 12.2 Å². The number of nitrogens with one attached hydrogen (secondary N) is 1. The Morgan fingerprint density at radius 2 is 2.28 bits per heavy atom. The number of nitrogens with zero attached hydrogens (tertiary/aromatic N) is 4. The molecule has 7 heteroatoms. The summed E-state index contributed by atoms with van der Waals surface area (Å²) in [5, 5.41) is 19.5. The van der Waals surface area contributed by atoms with Crippen molar-refractivity contribution in [2.45, 2.75) is 13.0 Å². The standard InChI is InChI=1S/C11H13N5O2/c1-7(10-15-13-6-16(10)2)14-11(18)9-4-3-8(17)5-12-9/h3-7,17H,1-2H3,(H,14,18)/t7-/m0/s1. The lowest BCUT2D eigenvalue weighted by molar-refractivity contribution is 0.0932. The van der Waals surface area contributed by atoms with Crippen LogP contribution < -0.4 is 5.32 Å². The van der Waals surface area contributed by atoms with E-state index in [9.17, 15) is 4.79 Å². The van der Waals surface area contributed by atoms with Gasteiger partial charge in [-0.1, -0.05) is 0 Å². The van der Waals surface area contributed by atoms with E-state index in [1.807, 2.05) is 6.92 Å². The molecule has 0 aliphatic rings. The minimum absolute atomic E-state index is 0.0212. The van der Waals surface area contributed by atoms with Crippen LogP contribution in [0.2, 0.25) is 0 Å². The van der Waals surface area contributed by atoms with E-state index in [4.69, 9.17) is 5.11 Å². The van der Waals surface area contributed by atoms with Gasteiger partial charge >= 0.3 is 0 Å². The van der Waals surface area contributed by atoms with Crippen LogP contribution in [0.5, 0.6) is 5.75 Å². The highest BCUT2D eigenvalue weighted by Crippen LogP contribution is 2.10. The normalized spacial score (nSPS) is 12.1. The summed E-state index contributed by atoms with van der Waals surface area (Å²) in [6.45, 7) is 1.81. The fraction of sp³-hybridized carbons (Fsp3) is 0.273. The van der Waals surface area contributed by atoms with Crippen LogP contribution in [0.1, 0.15) is 29.3 Å². The first-order chi connectivity index (χ1) is 8.58. The summed E-state index contributed by atoms with van der Waals surface area (Å²) in [6.07, 6.45) is 2.79. The molecule has 0 aliphatic heterocycles. The molecule has 0 aromatic carbocycles. The Bertz CT molecular complexity index is 549. The largest absolute Gasteiger partial charge is 0.506 e. The van der Waals surface area contributed by atoms with Crippen LogP contribution in [-0.2, 0) is 7.05 Å². The molecule has 2 N–H and O–H groups in total. The van der Waals surface area contributed by atoms with Gasteiger partial charge in [0.1, 0.15) is 17.8 Å². The van der Waals surface area contributed by atoms with Gasteiger partial charge in [0.25, 0.3) is 5.91 Å². The molecule has 0 bridgehead atoms. The average Bonchev–Trinajstić information content (AvgIpc) is 2.76. The lowest BCUT2D eigenvalue weighted by Crippen LogP contribution is -2.29. The summed E-state index contributed by atoms with van der Waals surface area (Å²) < 4.78 is 1.73. The van der Waals surface area contributed by atoms with Gasteiger partial charge in [-0.2, -0.15) is 0 Å². The Balaban J connectivity index is 2.08. The number of pyridine rings is 1. The number of hydrogen-bond donors (Lipinski definition) is 2. The molecule has 2 aromatic heterocycles. The van der Waals surface area contributed by atoms with Crippen molar-refractivity contribution in [1.29, 1.82) is 0 Å². The summed E-state index contributed by atoms with van der Waals surface area (Å²) in [6, 6.07) is 2.59. The summed E-state index contributed by atoms with van der Waals surface area (Å²) >= 11 is 0. The van der Waals surface area contributed by atoms with Crippen LogP contribution >= 0.6 is 0 Å². The minimum Gasteiger partial charge on any atom is -0.506 e. The van der Waals surface area contributed by atoms with Crippen molar-refractivity contribution in [2.75, 3.05) is 0 Å². The van der Waals surface area contributed by atoms with E-state index in [2.05, 4.69) is 20.5 Å². The van der Waals surface area contributed by atoms with Gasteiger partial charge in [0, 0.05) is 7.05 Å². The number of amides is 1. The summed E-state index contributed by atoms with van der Waals surface area (Å²) in [7, 11) is 1.80. The van der Waals surface area contributed by atoms with Crippen LogP contribution in [0.3, 0.4) is 0 Å². The predicted octanol–water partition coefficient (Wildman–Crippen LogP) is 0.407. The summed E-state index contributed by atoms with van der Waals surface area (Å²) in [4.78, 5) is 15.7. The summed E-state index contributed by atoms with van der Waals surface area (Å²) in [5.74, 6) is 0.348. The van der Waals surface area contributed by atoms with Gasteiger partial charge < -0.3 is 15.0 Å². The molecule has 0 fully saturated rings. The quantitative estimate of drug-likeness (QED) is 0.819. The maximum Gasteiger partial charge on any atom is 0.270 e. The number of aromatic nitrogens is 4. The lowest BCUT2D eigenvalue weighted by Gasteiger charge is -2.12. The SMILES string of the molecule is C[C@H](NC(=O)c1ccc(O)cn1)c1nncn1C. The van der Waals surface area contributed by atoms with Gasteiger partial charge in [0.2, 0.25) is 0 Å². The monoisotopic (exact) mass is 247 g/mol. The van der Waals surface area contributed by atoms with Gasteiger partial charge in [-0.15, -0.1) is 10.2 Å². The fourth-order valence-electron chi connectivity index (χ4n) is 1.54. The Morgan fingerprint density at radius 1 is 1.50 bits per heavy atom. The molecule has 1 atom stereocenters. The van der Waals surface area contributed by atoms with Crippen molar-refractivity contribution in [1.82, 2.24) is 25.1 Å². The Hall–Kier alpha value is -2.44. The number of rotatable bonds is 3. The van der Waals surface area contributed by atoms with Crippen LogP contribution in [-0.4, -0.2) is 30.8 Å². The highest BCUT2D eigenvalue weighted by molar-refractivity contribution is 5.92. The molecule has 0 spiro atoms. The van der Waals surface area contributed by atoms with E-state index in [0.29, 0.717) is 5.82 Å². The molecule has 2 aromatic rings. The molecule has 0 saturated carbocycles. The molecule has 18 heavy (non-hydrogen) atoms. The van der Waals surface area contributed by atoms with Crippen LogP contribution in [0.15, 0.2) is 24.7 Å². The van der Waals surface area contributed by atoms with E-state index in [0.717, 1.165) is 0 Å². The number of carbonyl (C=O) groups is 1. The highest BCUT2D eigenvalue weighted by Gasteiger charge is 2.15. The van der Waals surface area contributed by atoms with E-state index in [1.54, 1.807) is 17.9 Å². The zero-order valence-corrected chi connectivity index (χ0v) is 10.0. The number of carbonyl (C=O) groups excluding carboxylic acids is 1. The predicted molar refractivity (Wildman–Crippen MR) is 62.8 cm³/mol. The fourth-order valence-corrected chi connectivity index (χ4v) is 1.54. The first-order valence-electron chi connectivity index (χ1n) is 5.37. The zero-order valence-electron chi connectivity index (χ0n) is 10.0. The number of aromatic hydroxyl groups is 1. The maximum atomic E-state index is 11.9. The van der Waals surface area contributed by atoms with Crippen molar-refractivity contribution < 1.29 is 9.90 Å². The van der Waals surface area contributed by atoms with Gasteiger partial charge in [-0.3, -0.25) is 4.79 Å². The second-order valence-electron chi connectivity index (χ2n) is 3.90. The smallest absolute Gasteiger partial charge is 0.270 e. The molecule has 2 heterocycles. The first-order valence-corrected chi connectivity index (χ1v) is 5.37. The third-order valence-corrected chi connectivity index (χ3v) is 2.46. The van der Waals surface area contributed by atoms with Gasteiger partial charge in [-0.25, -0.2) is 4.98 Å². The van der Waals surface area contributed by atoms with E-state index in [-0.39, 0.29) is 23.4 Å².